The summed E-state index contributed by atoms with van der Waals surface area (Å²) in [5, 5.41) is 0.807. The predicted molar refractivity (Wildman–Crippen MR) is 93.2 cm³/mol. The van der Waals surface area contributed by atoms with Crippen LogP contribution in [0.1, 0.15) is 29.0 Å². The Labute approximate surface area is 137 Å². The summed E-state index contributed by atoms with van der Waals surface area (Å²) in [6, 6.07) is 17.1. The molecule has 3 rings (SSSR count). The van der Waals surface area contributed by atoms with E-state index in [-0.39, 0.29) is 6.04 Å². The molecule has 0 bridgehead atoms. The topological polar surface area (TPSA) is 29.3 Å². The van der Waals surface area contributed by atoms with Gasteiger partial charge in [0.1, 0.15) is 0 Å². The normalized spacial score (nSPS) is 22.7. The zero-order valence-electron chi connectivity index (χ0n) is 13.0. The fourth-order valence-corrected chi connectivity index (χ4v) is 3.63. The van der Waals surface area contributed by atoms with Gasteiger partial charge in [0.05, 0.1) is 0 Å². The van der Waals surface area contributed by atoms with Crippen molar-refractivity contribution in [2.45, 2.75) is 31.8 Å². The molecule has 0 saturated carbocycles. The summed E-state index contributed by atoms with van der Waals surface area (Å²) < 4.78 is 0. The molecule has 1 heterocycles. The standard InChI is InChI=1S/C19H23ClN2/c1-14-4-2-5-15(8-14)11-22-12-17(10-19(21)13-22)16-6-3-7-18(20)9-16/h2-9,17,19H,10-13,21H2,1H3. The van der Waals surface area contributed by atoms with Gasteiger partial charge in [0.25, 0.3) is 0 Å². The largest absolute Gasteiger partial charge is 0.327 e. The average Bonchev–Trinajstić information content (AvgIpc) is 2.46. The van der Waals surface area contributed by atoms with E-state index in [9.17, 15) is 0 Å². The van der Waals surface area contributed by atoms with Crippen LogP contribution in [-0.4, -0.2) is 24.0 Å². The number of halogens is 1. The van der Waals surface area contributed by atoms with Gasteiger partial charge in [0.15, 0.2) is 0 Å². The van der Waals surface area contributed by atoms with Crippen molar-refractivity contribution < 1.29 is 0 Å². The molecular formula is C19H23ClN2. The van der Waals surface area contributed by atoms with E-state index in [2.05, 4.69) is 48.2 Å². The summed E-state index contributed by atoms with van der Waals surface area (Å²) in [5.41, 5.74) is 10.3. The molecule has 0 spiro atoms. The summed E-state index contributed by atoms with van der Waals surface area (Å²) in [7, 11) is 0. The monoisotopic (exact) mass is 314 g/mol. The van der Waals surface area contributed by atoms with Crippen LogP contribution in [0.15, 0.2) is 48.5 Å². The highest BCUT2D eigenvalue weighted by Gasteiger charge is 2.26. The Balaban J connectivity index is 1.73. The second-order valence-corrected chi connectivity index (χ2v) is 6.87. The minimum absolute atomic E-state index is 0.225. The van der Waals surface area contributed by atoms with Crippen molar-refractivity contribution in [3.05, 3.63) is 70.2 Å². The number of aryl methyl sites for hydroxylation is 1. The lowest BCUT2D eigenvalue weighted by molar-refractivity contribution is 0.181. The van der Waals surface area contributed by atoms with Gasteiger partial charge in [-0.25, -0.2) is 0 Å². The molecule has 1 saturated heterocycles. The number of benzene rings is 2. The first-order chi connectivity index (χ1) is 10.6. The van der Waals surface area contributed by atoms with Gasteiger partial charge in [-0.1, -0.05) is 53.6 Å². The number of nitrogens with zero attached hydrogens (tertiary/aromatic N) is 1. The van der Waals surface area contributed by atoms with Gasteiger partial charge in [-0.3, -0.25) is 4.90 Å². The molecule has 3 heteroatoms. The van der Waals surface area contributed by atoms with Crippen molar-refractivity contribution in [1.82, 2.24) is 4.90 Å². The van der Waals surface area contributed by atoms with E-state index in [1.165, 1.54) is 16.7 Å². The summed E-state index contributed by atoms with van der Waals surface area (Å²) in [6.45, 7) is 5.11. The highest BCUT2D eigenvalue weighted by molar-refractivity contribution is 6.30. The number of piperidine rings is 1. The lowest BCUT2D eigenvalue weighted by Gasteiger charge is -2.36. The maximum atomic E-state index is 6.30. The second-order valence-electron chi connectivity index (χ2n) is 6.43. The summed E-state index contributed by atoms with van der Waals surface area (Å²) >= 11 is 6.14. The Morgan fingerprint density at radius 1 is 1.14 bits per heavy atom. The molecule has 2 atom stereocenters. The zero-order chi connectivity index (χ0) is 15.5. The predicted octanol–water partition coefficient (Wildman–Crippen LogP) is 3.97. The highest BCUT2D eigenvalue weighted by atomic mass is 35.5. The number of nitrogens with two attached hydrogens (primary N) is 1. The molecule has 2 unspecified atom stereocenters. The van der Waals surface area contributed by atoms with Crippen LogP contribution in [0.3, 0.4) is 0 Å². The van der Waals surface area contributed by atoms with Gasteiger partial charge in [-0.05, 0) is 42.5 Å². The Morgan fingerprint density at radius 2 is 1.95 bits per heavy atom. The number of rotatable bonds is 3. The molecule has 1 fully saturated rings. The number of likely N-dealkylation sites (tertiary alicyclic amines) is 1. The molecule has 2 aromatic rings. The maximum Gasteiger partial charge on any atom is 0.0408 e. The van der Waals surface area contributed by atoms with Crippen molar-refractivity contribution in [3.8, 4) is 0 Å². The van der Waals surface area contributed by atoms with Crippen molar-refractivity contribution >= 4 is 11.6 Å². The van der Waals surface area contributed by atoms with Crippen LogP contribution in [0, 0.1) is 6.92 Å². The van der Waals surface area contributed by atoms with Gasteiger partial charge in [-0.2, -0.15) is 0 Å². The van der Waals surface area contributed by atoms with Gasteiger partial charge in [0, 0.05) is 30.7 Å². The van der Waals surface area contributed by atoms with E-state index in [4.69, 9.17) is 17.3 Å². The molecule has 1 aliphatic heterocycles. The molecule has 116 valence electrons. The Kier molecular flexibility index (Phi) is 4.82. The molecule has 22 heavy (non-hydrogen) atoms. The van der Waals surface area contributed by atoms with E-state index in [0.29, 0.717) is 5.92 Å². The molecule has 2 N–H and O–H groups in total. The van der Waals surface area contributed by atoms with Gasteiger partial charge in [0.2, 0.25) is 0 Å². The minimum Gasteiger partial charge on any atom is -0.327 e. The third-order valence-electron chi connectivity index (χ3n) is 4.37. The van der Waals surface area contributed by atoms with Crippen molar-refractivity contribution in [2.75, 3.05) is 13.1 Å². The zero-order valence-corrected chi connectivity index (χ0v) is 13.8. The molecule has 0 aromatic heterocycles. The Morgan fingerprint density at radius 3 is 2.73 bits per heavy atom. The lowest BCUT2D eigenvalue weighted by Crippen LogP contribution is -2.45. The third-order valence-corrected chi connectivity index (χ3v) is 4.60. The molecule has 2 nitrogen and oxygen atoms in total. The van der Waals surface area contributed by atoms with E-state index in [1.54, 1.807) is 0 Å². The van der Waals surface area contributed by atoms with Crippen molar-refractivity contribution in [2.24, 2.45) is 5.73 Å². The number of hydrogen-bond donors (Lipinski definition) is 1. The van der Waals surface area contributed by atoms with Crippen LogP contribution in [-0.2, 0) is 6.54 Å². The van der Waals surface area contributed by atoms with Crippen LogP contribution >= 0.6 is 11.6 Å². The SMILES string of the molecule is Cc1cccc(CN2CC(N)CC(c3cccc(Cl)c3)C2)c1. The van der Waals surface area contributed by atoms with Gasteiger partial charge >= 0.3 is 0 Å². The quantitative estimate of drug-likeness (QED) is 0.929. The van der Waals surface area contributed by atoms with Gasteiger partial charge in [-0.15, -0.1) is 0 Å². The van der Waals surface area contributed by atoms with Gasteiger partial charge < -0.3 is 5.73 Å². The first-order valence-corrected chi connectivity index (χ1v) is 8.27. The fraction of sp³-hybridized carbons (Fsp3) is 0.368. The van der Waals surface area contributed by atoms with Crippen LogP contribution in [0.4, 0.5) is 0 Å². The fourth-order valence-electron chi connectivity index (χ4n) is 3.43. The number of hydrogen-bond acceptors (Lipinski definition) is 2. The van der Waals surface area contributed by atoms with Crippen LogP contribution in [0.2, 0.25) is 5.02 Å². The van der Waals surface area contributed by atoms with Crippen LogP contribution < -0.4 is 5.73 Å². The van der Waals surface area contributed by atoms with E-state index < -0.39 is 0 Å². The molecular weight excluding hydrogens is 292 g/mol. The van der Waals surface area contributed by atoms with Crippen molar-refractivity contribution in [1.29, 1.82) is 0 Å². The summed E-state index contributed by atoms with van der Waals surface area (Å²) in [4.78, 5) is 2.47. The first-order valence-electron chi connectivity index (χ1n) is 7.89. The molecule has 1 aliphatic rings. The van der Waals surface area contributed by atoms with E-state index >= 15 is 0 Å². The Bertz CT molecular complexity index is 641. The minimum atomic E-state index is 0.225. The summed E-state index contributed by atoms with van der Waals surface area (Å²) in [6.07, 6.45) is 1.03. The third kappa shape index (κ3) is 3.89. The van der Waals surface area contributed by atoms with Crippen LogP contribution in [0.5, 0.6) is 0 Å². The second kappa shape index (κ2) is 6.82. The molecule has 0 aliphatic carbocycles. The maximum absolute atomic E-state index is 6.30. The lowest BCUT2D eigenvalue weighted by atomic mass is 9.88. The van der Waals surface area contributed by atoms with Crippen molar-refractivity contribution in [3.63, 3.8) is 0 Å². The Hall–Kier alpha value is -1.35. The smallest absolute Gasteiger partial charge is 0.0408 e. The average molecular weight is 315 g/mol. The van der Waals surface area contributed by atoms with E-state index in [0.717, 1.165) is 31.1 Å². The molecule has 0 amide bonds. The first kappa shape index (κ1) is 15.5. The summed E-state index contributed by atoms with van der Waals surface area (Å²) in [5.74, 6) is 0.465. The van der Waals surface area contributed by atoms with Crippen LogP contribution in [0.25, 0.3) is 0 Å². The highest BCUT2D eigenvalue weighted by Crippen LogP contribution is 2.29. The molecule has 2 aromatic carbocycles. The molecule has 0 radical (unpaired) electrons. The van der Waals surface area contributed by atoms with E-state index in [1.807, 2.05) is 12.1 Å².